The first-order valence-corrected chi connectivity index (χ1v) is 6.62. The standard InChI is InChI=1S/C11H9BrClN3O2/c12-9-4-7(10(17)8-5-18-8)16(15-9)11-6(13)2-1-3-14-11/h1-3,7-8H,4-5H2. The molecule has 7 heteroatoms. The number of rotatable bonds is 3. The second kappa shape index (κ2) is 4.60. The van der Waals surface area contributed by atoms with Crippen LogP contribution in [0.5, 0.6) is 0 Å². The van der Waals surface area contributed by atoms with Crippen molar-refractivity contribution < 1.29 is 9.53 Å². The molecule has 0 aliphatic carbocycles. The first-order chi connectivity index (χ1) is 8.66. The lowest BCUT2D eigenvalue weighted by Gasteiger charge is -2.21. The van der Waals surface area contributed by atoms with E-state index in [1.807, 2.05) is 0 Å². The van der Waals surface area contributed by atoms with Crippen molar-refractivity contribution in [3.05, 3.63) is 23.4 Å². The first kappa shape index (κ1) is 12.1. The lowest BCUT2D eigenvalue weighted by atomic mass is 10.1. The van der Waals surface area contributed by atoms with Crippen LogP contribution in [-0.2, 0) is 9.53 Å². The zero-order valence-corrected chi connectivity index (χ0v) is 11.6. The summed E-state index contributed by atoms with van der Waals surface area (Å²) in [6.07, 6.45) is 1.84. The Morgan fingerprint density at radius 1 is 1.61 bits per heavy atom. The second-order valence-electron chi connectivity index (χ2n) is 4.07. The number of hydrazone groups is 1. The lowest BCUT2D eigenvalue weighted by molar-refractivity contribution is -0.121. The van der Waals surface area contributed by atoms with E-state index in [9.17, 15) is 4.79 Å². The van der Waals surface area contributed by atoms with Gasteiger partial charge in [-0.1, -0.05) is 11.6 Å². The third-order valence-electron chi connectivity index (χ3n) is 2.81. The number of ketones is 1. The number of Topliss-reactive ketones (excluding diaryl/α,β-unsaturated/α-hetero) is 1. The summed E-state index contributed by atoms with van der Waals surface area (Å²) in [5.41, 5.74) is 0. The molecule has 94 valence electrons. The Hall–Kier alpha value is -0.980. The average Bonchev–Trinajstić information content (AvgIpc) is 3.12. The van der Waals surface area contributed by atoms with Gasteiger partial charge in [0.2, 0.25) is 0 Å². The molecule has 1 fully saturated rings. The molecular formula is C11H9BrClN3O2. The molecule has 2 aliphatic rings. The lowest BCUT2D eigenvalue weighted by Crippen LogP contribution is -2.37. The number of hydrogen-bond donors (Lipinski definition) is 0. The number of carbonyl (C=O) groups excluding carboxylic acids is 1. The number of aromatic nitrogens is 1. The third-order valence-corrected chi connectivity index (χ3v) is 3.59. The average molecular weight is 331 g/mol. The zero-order chi connectivity index (χ0) is 12.7. The molecule has 0 spiro atoms. The van der Waals surface area contributed by atoms with Crippen molar-refractivity contribution in [2.75, 3.05) is 11.6 Å². The van der Waals surface area contributed by atoms with Gasteiger partial charge in [-0.3, -0.25) is 4.79 Å². The van der Waals surface area contributed by atoms with E-state index in [1.165, 1.54) is 0 Å². The first-order valence-electron chi connectivity index (χ1n) is 5.45. The normalized spacial score (nSPS) is 26.1. The maximum Gasteiger partial charge on any atom is 0.188 e. The van der Waals surface area contributed by atoms with Crippen LogP contribution in [0.3, 0.4) is 0 Å². The van der Waals surface area contributed by atoms with Crippen molar-refractivity contribution in [2.45, 2.75) is 18.6 Å². The van der Waals surface area contributed by atoms with Crippen LogP contribution in [0.2, 0.25) is 5.02 Å². The minimum Gasteiger partial charge on any atom is -0.365 e. The van der Waals surface area contributed by atoms with E-state index < -0.39 is 0 Å². The van der Waals surface area contributed by atoms with Crippen LogP contribution in [0.15, 0.2) is 23.4 Å². The quantitative estimate of drug-likeness (QED) is 0.795. The van der Waals surface area contributed by atoms with Gasteiger partial charge in [-0.05, 0) is 28.1 Å². The highest BCUT2D eigenvalue weighted by Crippen LogP contribution is 2.32. The molecule has 3 rings (SSSR count). The topological polar surface area (TPSA) is 58.1 Å². The Labute approximate surface area is 117 Å². The van der Waals surface area contributed by atoms with Crippen molar-refractivity contribution in [2.24, 2.45) is 5.10 Å². The van der Waals surface area contributed by atoms with E-state index in [0.717, 1.165) is 0 Å². The Kier molecular flexibility index (Phi) is 3.09. The molecule has 0 bridgehead atoms. The van der Waals surface area contributed by atoms with E-state index in [0.29, 0.717) is 28.5 Å². The number of halogens is 2. The summed E-state index contributed by atoms with van der Waals surface area (Å²) >= 11 is 9.41. The number of anilines is 1. The number of nitrogens with zero attached hydrogens (tertiary/aromatic N) is 3. The van der Waals surface area contributed by atoms with Crippen LogP contribution in [0.25, 0.3) is 0 Å². The van der Waals surface area contributed by atoms with Gasteiger partial charge >= 0.3 is 0 Å². The summed E-state index contributed by atoms with van der Waals surface area (Å²) < 4.78 is 5.75. The summed E-state index contributed by atoms with van der Waals surface area (Å²) in [5.74, 6) is 0.516. The molecule has 2 unspecified atom stereocenters. The number of epoxide rings is 1. The molecule has 0 amide bonds. The fourth-order valence-electron chi connectivity index (χ4n) is 1.86. The summed E-state index contributed by atoms with van der Waals surface area (Å²) in [6, 6.07) is 3.07. The highest BCUT2D eigenvalue weighted by atomic mass is 79.9. The molecule has 2 aliphatic heterocycles. The molecule has 1 saturated heterocycles. The van der Waals surface area contributed by atoms with Gasteiger partial charge < -0.3 is 4.74 Å². The van der Waals surface area contributed by atoms with E-state index in [1.54, 1.807) is 23.3 Å². The van der Waals surface area contributed by atoms with Crippen LogP contribution in [0.4, 0.5) is 5.82 Å². The molecule has 0 saturated carbocycles. The summed E-state index contributed by atoms with van der Waals surface area (Å²) in [7, 11) is 0. The third kappa shape index (κ3) is 2.15. The number of ether oxygens (including phenoxy) is 1. The van der Waals surface area contributed by atoms with Crippen LogP contribution in [-0.4, -0.2) is 34.1 Å². The van der Waals surface area contributed by atoms with Crippen LogP contribution < -0.4 is 5.01 Å². The van der Waals surface area contributed by atoms with Gasteiger partial charge in [0.05, 0.1) is 11.6 Å². The van der Waals surface area contributed by atoms with Gasteiger partial charge in [0.15, 0.2) is 11.6 Å². The van der Waals surface area contributed by atoms with Crippen LogP contribution >= 0.6 is 27.5 Å². The molecule has 18 heavy (non-hydrogen) atoms. The fraction of sp³-hybridized carbons (Fsp3) is 0.364. The minimum atomic E-state index is -0.390. The van der Waals surface area contributed by atoms with Gasteiger partial charge in [-0.2, -0.15) is 5.10 Å². The number of hydrogen-bond acceptors (Lipinski definition) is 5. The van der Waals surface area contributed by atoms with Gasteiger partial charge in [-0.25, -0.2) is 9.99 Å². The second-order valence-corrected chi connectivity index (χ2v) is 5.40. The zero-order valence-electron chi connectivity index (χ0n) is 9.22. The van der Waals surface area contributed by atoms with Crippen molar-refractivity contribution in [1.29, 1.82) is 0 Å². The molecule has 2 atom stereocenters. The molecule has 1 aromatic heterocycles. The van der Waals surface area contributed by atoms with Crippen molar-refractivity contribution >= 4 is 43.8 Å². The smallest absolute Gasteiger partial charge is 0.188 e. The summed E-state index contributed by atoms with van der Waals surface area (Å²) in [4.78, 5) is 16.3. The van der Waals surface area contributed by atoms with E-state index in [-0.39, 0.29) is 17.9 Å². The molecule has 0 N–H and O–H groups in total. The molecule has 0 radical (unpaired) electrons. The van der Waals surface area contributed by atoms with Gasteiger partial charge in [-0.15, -0.1) is 0 Å². The molecule has 5 nitrogen and oxygen atoms in total. The molecule has 1 aromatic rings. The largest absolute Gasteiger partial charge is 0.365 e. The molecule has 0 aromatic carbocycles. The monoisotopic (exact) mass is 329 g/mol. The SMILES string of the molecule is O=C(C1CO1)C1CC(Br)=NN1c1ncccc1Cl. The van der Waals surface area contributed by atoms with Crippen LogP contribution in [0.1, 0.15) is 6.42 Å². The van der Waals surface area contributed by atoms with Gasteiger partial charge in [0.1, 0.15) is 16.8 Å². The Morgan fingerprint density at radius 2 is 2.39 bits per heavy atom. The van der Waals surface area contributed by atoms with E-state index >= 15 is 0 Å². The number of carbonyl (C=O) groups is 1. The van der Waals surface area contributed by atoms with E-state index in [4.69, 9.17) is 16.3 Å². The van der Waals surface area contributed by atoms with Crippen molar-refractivity contribution in [1.82, 2.24) is 4.98 Å². The maximum absolute atomic E-state index is 12.1. The molecule has 3 heterocycles. The summed E-state index contributed by atoms with van der Waals surface area (Å²) in [6.45, 7) is 0.497. The van der Waals surface area contributed by atoms with Crippen LogP contribution in [0, 0.1) is 0 Å². The maximum atomic E-state index is 12.1. The number of pyridine rings is 1. The molecular weight excluding hydrogens is 321 g/mol. The predicted molar refractivity (Wildman–Crippen MR) is 71.2 cm³/mol. The van der Waals surface area contributed by atoms with Gasteiger partial charge in [0.25, 0.3) is 0 Å². The van der Waals surface area contributed by atoms with Crippen molar-refractivity contribution in [3.8, 4) is 0 Å². The van der Waals surface area contributed by atoms with Crippen molar-refractivity contribution in [3.63, 3.8) is 0 Å². The fourth-order valence-corrected chi connectivity index (χ4v) is 2.55. The Balaban J connectivity index is 1.92. The van der Waals surface area contributed by atoms with Gasteiger partial charge in [0, 0.05) is 12.6 Å². The highest BCUT2D eigenvalue weighted by Gasteiger charge is 2.42. The Bertz CT molecular complexity index is 533. The predicted octanol–water partition coefficient (Wildman–Crippen LogP) is 1.99. The summed E-state index contributed by atoms with van der Waals surface area (Å²) in [5, 5.41) is 6.31. The Morgan fingerprint density at radius 3 is 3.06 bits per heavy atom. The minimum absolute atomic E-state index is 0.0231. The van der Waals surface area contributed by atoms with E-state index in [2.05, 4.69) is 26.0 Å². The highest BCUT2D eigenvalue weighted by molar-refractivity contribution is 9.18.